The van der Waals surface area contributed by atoms with Gasteiger partial charge in [-0.05, 0) is 84.3 Å². The molecule has 0 spiro atoms. The first-order chi connectivity index (χ1) is 19.9. The van der Waals surface area contributed by atoms with E-state index >= 15 is 0 Å². The highest BCUT2D eigenvalue weighted by Crippen LogP contribution is 2.26. The van der Waals surface area contributed by atoms with Crippen LogP contribution in [0.1, 0.15) is 57.9 Å². The maximum absolute atomic E-state index is 12.3. The normalized spacial score (nSPS) is 12.5. The number of carbonyl (C=O) groups excluding carboxylic acids is 2. The molecule has 0 fully saturated rings. The average molecular weight is 575 g/mol. The third-order valence-electron chi connectivity index (χ3n) is 6.71. The largest absolute Gasteiger partial charge is 0.494 e. The van der Waals surface area contributed by atoms with Crippen LogP contribution in [0.15, 0.2) is 91.5 Å². The van der Waals surface area contributed by atoms with Crippen LogP contribution in [0.25, 0.3) is 17.2 Å². The molecule has 0 N–H and O–H groups in total. The molecular formula is C35H39ClO5. The van der Waals surface area contributed by atoms with E-state index in [0.717, 1.165) is 48.1 Å². The predicted molar refractivity (Wildman–Crippen MR) is 166 cm³/mol. The highest BCUT2D eigenvalue weighted by molar-refractivity contribution is 6.30. The summed E-state index contributed by atoms with van der Waals surface area (Å²) < 4.78 is 16.6. The Balaban J connectivity index is 1.44. The van der Waals surface area contributed by atoms with E-state index in [2.05, 4.69) is 6.58 Å². The molecule has 5 nitrogen and oxygen atoms in total. The Morgan fingerprint density at radius 2 is 1.37 bits per heavy atom. The average Bonchev–Trinajstić information content (AvgIpc) is 3.00. The summed E-state index contributed by atoms with van der Waals surface area (Å²) in [5.74, 6) is 0.831. The molecular weight excluding hydrogens is 536 g/mol. The summed E-state index contributed by atoms with van der Waals surface area (Å²) in [6.45, 7) is 8.34. The number of hydrogen-bond acceptors (Lipinski definition) is 5. The van der Waals surface area contributed by atoms with Gasteiger partial charge in [0.25, 0.3) is 0 Å². The Hall–Kier alpha value is -3.83. The zero-order valence-electron chi connectivity index (χ0n) is 23.9. The lowest BCUT2D eigenvalue weighted by Gasteiger charge is -2.15. The van der Waals surface area contributed by atoms with Crippen LogP contribution >= 0.6 is 11.6 Å². The molecule has 0 saturated carbocycles. The zero-order chi connectivity index (χ0) is 29.5. The molecule has 0 radical (unpaired) electrons. The van der Waals surface area contributed by atoms with Gasteiger partial charge in [-0.15, -0.1) is 18.2 Å². The van der Waals surface area contributed by atoms with Gasteiger partial charge < -0.3 is 14.2 Å². The van der Waals surface area contributed by atoms with Gasteiger partial charge in [0, 0.05) is 6.08 Å². The monoisotopic (exact) mass is 574 g/mol. The van der Waals surface area contributed by atoms with Crippen molar-refractivity contribution in [3.8, 4) is 28.4 Å². The number of rotatable bonds is 16. The van der Waals surface area contributed by atoms with Crippen molar-refractivity contribution in [3.05, 3.63) is 97.1 Å². The molecule has 0 aromatic heterocycles. The SMILES string of the molecule is C=CCCCCCCOc1ccc(/C=C/C(=O)Oc2ccc(-c3ccc(OC(=O)[C@@H](Cl)[C@@H](C)CC)cc3)cc2)cc1. The highest BCUT2D eigenvalue weighted by atomic mass is 35.5. The first-order valence-electron chi connectivity index (χ1n) is 14.2. The minimum Gasteiger partial charge on any atom is -0.494 e. The van der Waals surface area contributed by atoms with Gasteiger partial charge in [0.15, 0.2) is 0 Å². The number of hydrogen-bond donors (Lipinski definition) is 0. The van der Waals surface area contributed by atoms with E-state index in [0.29, 0.717) is 18.1 Å². The van der Waals surface area contributed by atoms with Crippen LogP contribution in [0.4, 0.5) is 0 Å². The van der Waals surface area contributed by atoms with E-state index in [-0.39, 0.29) is 5.92 Å². The Morgan fingerprint density at radius 3 is 1.95 bits per heavy atom. The Kier molecular flexibility index (Phi) is 13.2. The number of ether oxygens (including phenoxy) is 3. The third kappa shape index (κ3) is 10.9. The summed E-state index contributed by atoms with van der Waals surface area (Å²) in [6, 6.07) is 22.0. The quantitative estimate of drug-likeness (QED) is 0.0426. The molecule has 3 rings (SSSR count). The second kappa shape index (κ2) is 17.1. The summed E-state index contributed by atoms with van der Waals surface area (Å²) in [5, 5.41) is -0.678. The van der Waals surface area contributed by atoms with E-state index in [1.165, 1.54) is 18.9 Å². The van der Waals surface area contributed by atoms with Crippen LogP contribution in [-0.4, -0.2) is 23.9 Å². The predicted octanol–water partition coefficient (Wildman–Crippen LogP) is 9.05. The van der Waals surface area contributed by atoms with Gasteiger partial charge in [-0.25, -0.2) is 4.79 Å². The van der Waals surface area contributed by atoms with Gasteiger partial charge in [0.05, 0.1) is 6.61 Å². The molecule has 0 unspecified atom stereocenters. The topological polar surface area (TPSA) is 61.8 Å². The zero-order valence-corrected chi connectivity index (χ0v) is 24.6. The van der Waals surface area contributed by atoms with Crippen LogP contribution in [0.3, 0.4) is 0 Å². The van der Waals surface area contributed by atoms with E-state index in [1.807, 2.05) is 68.5 Å². The van der Waals surface area contributed by atoms with Crippen molar-refractivity contribution in [1.29, 1.82) is 0 Å². The van der Waals surface area contributed by atoms with Crippen molar-refractivity contribution in [2.75, 3.05) is 6.61 Å². The van der Waals surface area contributed by atoms with Crippen LogP contribution < -0.4 is 14.2 Å². The fraction of sp³-hybridized carbons (Fsp3) is 0.314. The molecule has 0 aliphatic rings. The molecule has 0 heterocycles. The van der Waals surface area contributed by atoms with Gasteiger partial charge in [-0.1, -0.05) is 75.6 Å². The number of halogens is 1. The van der Waals surface area contributed by atoms with Crippen LogP contribution in [0, 0.1) is 5.92 Å². The summed E-state index contributed by atoms with van der Waals surface area (Å²) >= 11 is 6.18. The fourth-order valence-corrected chi connectivity index (χ4v) is 4.19. The number of benzene rings is 3. The lowest BCUT2D eigenvalue weighted by Crippen LogP contribution is -2.26. The van der Waals surface area contributed by atoms with Crippen molar-refractivity contribution in [1.82, 2.24) is 0 Å². The van der Waals surface area contributed by atoms with Crippen molar-refractivity contribution in [2.45, 2.75) is 57.7 Å². The van der Waals surface area contributed by atoms with Crippen molar-refractivity contribution in [3.63, 3.8) is 0 Å². The second-order valence-corrected chi connectivity index (χ2v) is 10.4. The molecule has 3 aromatic rings. The maximum atomic E-state index is 12.3. The molecule has 0 aliphatic carbocycles. The maximum Gasteiger partial charge on any atom is 0.336 e. The smallest absolute Gasteiger partial charge is 0.336 e. The molecule has 0 amide bonds. The van der Waals surface area contributed by atoms with E-state index in [9.17, 15) is 9.59 Å². The van der Waals surface area contributed by atoms with Crippen LogP contribution in [-0.2, 0) is 9.59 Å². The highest BCUT2D eigenvalue weighted by Gasteiger charge is 2.23. The Labute approximate surface area is 248 Å². The Bertz CT molecular complexity index is 1260. The Morgan fingerprint density at radius 1 is 0.805 bits per heavy atom. The van der Waals surface area contributed by atoms with Crippen LogP contribution in [0.5, 0.6) is 17.2 Å². The molecule has 0 aliphatic heterocycles. The van der Waals surface area contributed by atoms with Gasteiger partial charge in [-0.3, -0.25) is 4.79 Å². The first-order valence-corrected chi connectivity index (χ1v) is 14.6. The van der Waals surface area contributed by atoms with Crippen molar-refractivity contribution in [2.24, 2.45) is 5.92 Å². The summed E-state index contributed by atoms with van der Waals surface area (Å²) in [7, 11) is 0. The second-order valence-electron chi connectivity index (χ2n) is 9.92. The number of esters is 2. The summed E-state index contributed by atoms with van der Waals surface area (Å²) in [6.07, 6.45) is 11.5. The molecule has 2 atom stereocenters. The minimum atomic E-state index is -0.678. The molecule has 0 bridgehead atoms. The van der Waals surface area contributed by atoms with Crippen molar-refractivity contribution < 1.29 is 23.8 Å². The molecule has 216 valence electrons. The molecule has 3 aromatic carbocycles. The lowest BCUT2D eigenvalue weighted by atomic mass is 10.0. The number of allylic oxidation sites excluding steroid dienone is 1. The van der Waals surface area contributed by atoms with E-state index in [1.54, 1.807) is 30.3 Å². The number of unbranched alkanes of at least 4 members (excludes halogenated alkanes) is 4. The summed E-state index contributed by atoms with van der Waals surface area (Å²) in [5.41, 5.74) is 2.75. The molecule has 6 heteroatoms. The first kappa shape index (κ1) is 31.7. The van der Waals surface area contributed by atoms with Crippen molar-refractivity contribution >= 4 is 29.6 Å². The van der Waals surface area contributed by atoms with E-state index < -0.39 is 17.3 Å². The van der Waals surface area contributed by atoms with Gasteiger partial charge in [0.2, 0.25) is 0 Å². The fourth-order valence-electron chi connectivity index (χ4n) is 3.97. The van der Waals surface area contributed by atoms with Gasteiger partial charge in [0.1, 0.15) is 22.6 Å². The standard InChI is InChI=1S/C35H39ClO5/c1-4-6-7-8-9-10-25-39-30-18-11-27(12-19-30)13-24-33(37)40-31-20-14-28(15-21-31)29-16-22-32(23-17-29)41-35(38)34(36)26(3)5-2/h4,11-24,26,34H,1,5-10,25H2,2-3H3/b24-13+/t26-,34-/m0/s1. The summed E-state index contributed by atoms with van der Waals surface area (Å²) in [4.78, 5) is 24.5. The van der Waals surface area contributed by atoms with Crippen LogP contribution in [0.2, 0.25) is 0 Å². The van der Waals surface area contributed by atoms with Gasteiger partial charge >= 0.3 is 11.9 Å². The van der Waals surface area contributed by atoms with Gasteiger partial charge in [-0.2, -0.15) is 0 Å². The lowest BCUT2D eigenvalue weighted by molar-refractivity contribution is -0.135. The molecule has 0 saturated heterocycles. The van der Waals surface area contributed by atoms with E-state index in [4.69, 9.17) is 25.8 Å². The minimum absolute atomic E-state index is 0.0376. The number of carbonyl (C=O) groups is 2. The molecule has 41 heavy (non-hydrogen) atoms. The third-order valence-corrected chi connectivity index (χ3v) is 7.32. The number of alkyl halides is 1.